The predicted octanol–water partition coefficient (Wildman–Crippen LogP) is 6.25. The predicted molar refractivity (Wildman–Crippen MR) is 144 cm³/mol. The van der Waals surface area contributed by atoms with E-state index in [9.17, 15) is 4.79 Å². The van der Waals surface area contributed by atoms with Crippen molar-refractivity contribution < 1.29 is 4.79 Å². The number of hydrogen-bond acceptors (Lipinski definition) is 4. The van der Waals surface area contributed by atoms with Gasteiger partial charge in [-0.2, -0.15) is 0 Å². The fraction of sp³-hybridized carbons (Fsp3) is 0.250. The van der Waals surface area contributed by atoms with E-state index in [-0.39, 0.29) is 5.91 Å². The minimum absolute atomic E-state index is 0.0105. The van der Waals surface area contributed by atoms with Gasteiger partial charge in [-0.15, -0.1) is 0 Å². The summed E-state index contributed by atoms with van der Waals surface area (Å²) in [5.74, 6) is 1.45. The number of fused-ring (bicyclic) bond motifs is 1. The van der Waals surface area contributed by atoms with Gasteiger partial charge in [-0.1, -0.05) is 90.8 Å². The number of carbonyl (C=O) groups excluding carboxylic acids is 1. The molecule has 0 saturated heterocycles. The average molecular weight is 507 g/mol. The zero-order valence-electron chi connectivity index (χ0n) is 19.7. The Kier molecular flexibility index (Phi) is 8.56. The Balaban J connectivity index is 1.59. The number of aryl methyl sites for hydroxylation is 1. The molecule has 1 heterocycles. The van der Waals surface area contributed by atoms with Gasteiger partial charge in [0.1, 0.15) is 11.6 Å². The number of nitrogens with one attached hydrogen (secondary N) is 1. The first-order valence-electron chi connectivity index (χ1n) is 11.8. The Morgan fingerprint density at radius 1 is 0.914 bits per heavy atom. The summed E-state index contributed by atoms with van der Waals surface area (Å²) in [6, 6.07) is 23.7. The van der Waals surface area contributed by atoms with E-state index in [1.54, 1.807) is 6.07 Å². The van der Waals surface area contributed by atoms with Crippen LogP contribution in [-0.4, -0.2) is 29.0 Å². The Morgan fingerprint density at radius 2 is 1.60 bits per heavy atom. The first-order valence-corrected chi connectivity index (χ1v) is 12.5. The molecule has 0 spiro atoms. The molecule has 0 unspecified atom stereocenters. The van der Waals surface area contributed by atoms with Crippen LogP contribution in [0.1, 0.15) is 30.3 Å². The quantitative estimate of drug-likeness (QED) is 0.276. The van der Waals surface area contributed by atoms with Crippen LogP contribution in [0.4, 0.5) is 5.82 Å². The minimum atomic E-state index is -0.0105. The molecule has 5 nitrogen and oxygen atoms in total. The van der Waals surface area contributed by atoms with E-state index in [1.165, 1.54) is 5.56 Å². The highest BCUT2D eigenvalue weighted by Gasteiger charge is 2.18. The summed E-state index contributed by atoms with van der Waals surface area (Å²) in [5.41, 5.74) is 2.97. The van der Waals surface area contributed by atoms with Crippen molar-refractivity contribution in [2.75, 3.05) is 18.0 Å². The van der Waals surface area contributed by atoms with Crippen molar-refractivity contribution in [3.05, 3.63) is 99.8 Å². The van der Waals surface area contributed by atoms with E-state index in [2.05, 4.69) is 27.3 Å². The highest BCUT2D eigenvalue weighted by atomic mass is 35.5. The normalized spacial score (nSPS) is 10.9. The third-order valence-corrected chi connectivity index (χ3v) is 6.32. The molecule has 0 fully saturated rings. The summed E-state index contributed by atoms with van der Waals surface area (Å²) in [7, 11) is 0. The van der Waals surface area contributed by atoms with Crippen LogP contribution < -0.4 is 10.2 Å². The van der Waals surface area contributed by atoms with Crippen LogP contribution in [0.2, 0.25) is 10.0 Å². The van der Waals surface area contributed by atoms with Crippen molar-refractivity contribution in [3.8, 4) is 0 Å². The molecule has 3 aromatic carbocycles. The summed E-state index contributed by atoms with van der Waals surface area (Å²) in [4.78, 5) is 24.4. The molecule has 1 amide bonds. The average Bonchev–Trinajstić information content (AvgIpc) is 2.88. The molecule has 1 aromatic heterocycles. The first-order chi connectivity index (χ1) is 17.0. The number of hydrogen-bond donors (Lipinski definition) is 1. The second-order valence-electron chi connectivity index (χ2n) is 8.34. The van der Waals surface area contributed by atoms with Gasteiger partial charge in [-0.05, 0) is 29.7 Å². The second-order valence-corrected chi connectivity index (χ2v) is 9.18. The highest BCUT2D eigenvalue weighted by molar-refractivity contribution is 6.38. The summed E-state index contributed by atoms with van der Waals surface area (Å²) < 4.78 is 0. The number of halogens is 2. The molecule has 0 aliphatic rings. The van der Waals surface area contributed by atoms with E-state index in [0.717, 1.165) is 23.2 Å². The van der Waals surface area contributed by atoms with Crippen LogP contribution in [0.3, 0.4) is 0 Å². The van der Waals surface area contributed by atoms with Gasteiger partial charge in [0.05, 0.1) is 10.5 Å². The summed E-state index contributed by atoms with van der Waals surface area (Å²) in [6.07, 6.45) is 1.82. The molecule has 7 heteroatoms. The topological polar surface area (TPSA) is 58.1 Å². The molecule has 0 radical (unpaired) electrons. The molecule has 180 valence electrons. The standard InChI is InChI=1S/C28H28Cl2N4O/c1-2-25-32-27-23(17-22(29)18-24(27)30)28(33-25)34(15-13-20-9-5-3-6-10-20)16-14-26(35)31-19-21-11-7-4-8-12-21/h3-12,17-18H,2,13-16,19H2,1H3,(H,31,35). The number of amides is 1. The van der Waals surface area contributed by atoms with Gasteiger partial charge in [0.2, 0.25) is 5.91 Å². The number of benzene rings is 3. The third-order valence-electron chi connectivity index (χ3n) is 5.82. The number of rotatable bonds is 10. The van der Waals surface area contributed by atoms with Crippen LogP contribution in [-0.2, 0) is 24.2 Å². The van der Waals surface area contributed by atoms with Crippen molar-refractivity contribution >= 4 is 45.8 Å². The van der Waals surface area contributed by atoms with Gasteiger partial charge in [0.25, 0.3) is 0 Å². The Labute approximate surface area is 216 Å². The van der Waals surface area contributed by atoms with Crippen molar-refractivity contribution in [2.45, 2.75) is 32.7 Å². The molecule has 35 heavy (non-hydrogen) atoms. The zero-order valence-corrected chi connectivity index (χ0v) is 21.2. The maximum atomic E-state index is 12.7. The number of aromatic nitrogens is 2. The molecule has 0 atom stereocenters. The lowest BCUT2D eigenvalue weighted by Gasteiger charge is -2.26. The largest absolute Gasteiger partial charge is 0.355 e. The summed E-state index contributed by atoms with van der Waals surface area (Å²) in [6.45, 7) is 3.72. The van der Waals surface area contributed by atoms with Crippen molar-refractivity contribution in [1.29, 1.82) is 0 Å². The number of anilines is 1. The van der Waals surface area contributed by atoms with Crippen LogP contribution in [0.5, 0.6) is 0 Å². The third kappa shape index (κ3) is 6.71. The first kappa shape index (κ1) is 25.0. The monoisotopic (exact) mass is 506 g/mol. The lowest BCUT2D eigenvalue weighted by atomic mass is 10.1. The van der Waals surface area contributed by atoms with Gasteiger partial charge < -0.3 is 10.2 Å². The molecular weight excluding hydrogens is 479 g/mol. The molecule has 4 aromatic rings. The highest BCUT2D eigenvalue weighted by Crippen LogP contribution is 2.32. The molecule has 0 saturated carbocycles. The maximum Gasteiger partial charge on any atom is 0.222 e. The van der Waals surface area contributed by atoms with E-state index in [0.29, 0.717) is 53.9 Å². The van der Waals surface area contributed by atoms with Gasteiger partial charge in [-0.3, -0.25) is 4.79 Å². The lowest BCUT2D eigenvalue weighted by molar-refractivity contribution is -0.121. The van der Waals surface area contributed by atoms with Crippen LogP contribution in [0, 0.1) is 0 Å². The fourth-order valence-electron chi connectivity index (χ4n) is 3.94. The minimum Gasteiger partial charge on any atom is -0.355 e. The molecule has 0 bridgehead atoms. The van der Waals surface area contributed by atoms with Crippen LogP contribution >= 0.6 is 23.2 Å². The molecule has 0 aliphatic carbocycles. The van der Waals surface area contributed by atoms with Gasteiger partial charge in [0, 0.05) is 42.9 Å². The van der Waals surface area contributed by atoms with E-state index < -0.39 is 0 Å². The smallest absolute Gasteiger partial charge is 0.222 e. The Bertz CT molecular complexity index is 1280. The molecule has 0 aliphatic heterocycles. The van der Waals surface area contributed by atoms with Crippen molar-refractivity contribution in [2.24, 2.45) is 0 Å². The van der Waals surface area contributed by atoms with Crippen LogP contribution in [0.15, 0.2) is 72.8 Å². The molecule has 1 N–H and O–H groups in total. The SMILES string of the molecule is CCc1nc(N(CCC(=O)NCc2ccccc2)CCc2ccccc2)c2cc(Cl)cc(Cl)c2n1. The van der Waals surface area contributed by atoms with Gasteiger partial charge in [-0.25, -0.2) is 9.97 Å². The van der Waals surface area contributed by atoms with E-state index in [4.69, 9.17) is 28.2 Å². The van der Waals surface area contributed by atoms with E-state index in [1.807, 2.05) is 61.5 Å². The van der Waals surface area contributed by atoms with Crippen molar-refractivity contribution in [3.63, 3.8) is 0 Å². The summed E-state index contributed by atoms with van der Waals surface area (Å²) >= 11 is 12.9. The van der Waals surface area contributed by atoms with Crippen molar-refractivity contribution in [1.82, 2.24) is 15.3 Å². The maximum absolute atomic E-state index is 12.7. The van der Waals surface area contributed by atoms with Crippen LogP contribution in [0.25, 0.3) is 10.9 Å². The Hall–Kier alpha value is -3.15. The fourth-order valence-corrected chi connectivity index (χ4v) is 4.48. The number of carbonyl (C=O) groups is 1. The van der Waals surface area contributed by atoms with Gasteiger partial charge in [0.15, 0.2) is 0 Å². The Morgan fingerprint density at radius 3 is 2.29 bits per heavy atom. The van der Waals surface area contributed by atoms with E-state index >= 15 is 0 Å². The zero-order chi connectivity index (χ0) is 24.6. The second kappa shape index (κ2) is 12.0. The molecular formula is C28H28Cl2N4O. The number of nitrogens with zero attached hydrogens (tertiary/aromatic N) is 3. The lowest BCUT2D eigenvalue weighted by Crippen LogP contribution is -2.33. The van der Waals surface area contributed by atoms with Gasteiger partial charge >= 0.3 is 0 Å². The summed E-state index contributed by atoms with van der Waals surface area (Å²) in [5, 5.41) is 4.83. The molecule has 4 rings (SSSR count).